The number of nitrogens with zero attached hydrogens (tertiary/aromatic N) is 1. The Hall–Kier alpha value is -0.900. The molecule has 1 N–H and O–H groups in total. The van der Waals surface area contributed by atoms with E-state index in [1.165, 1.54) is 11.5 Å². The van der Waals surface area contributed by atoms with Gasteiger partial charge in [-0.2, -0.15) is 11.8 Å². The highest BCUT2D eigenvalue weighted by Crippen LogP contribution is 2.20. The lowest BCUT2D eigenvalue weighted by atomic mass is 10.4. The summed E-state index contributed by atoms with van der Waals surface area (Å²) in [5, 5.41) is 3.33. The van der Waals surface area contributed by atoms with E-state index in [1.54, 1.807) is 6.20 Å². The maximum atomic E-state index is 5.63. The molecule has 1 heterocycles. The normalized spacial score (nSPS) is 10.2. The molecule has 96 valence electrons. The van der Waals surface area contributed by atoms with Crippen LogP contribution in [-0.2, 0) is 0 Å². The van der Waals surface area contributed by atoms with Crippen molar-refractivity contribution in [2.75, 3.05) is 30.0 Å². The van der Waals surface area contributed by atoms with Gasteiger partial charge in [0, 0.05) is 12.7 Å². The number of pyridine rings is 1. The van der Waals surface area contributed by atoms with Crippen molar-refractivity contribution < 1.29 is 4.74 Å². The molecule has 1 rings (SSSR count). The minimum atomic E-state index is 0.742. The van der Waals surface area contributed by atoms with Gasteiger partial charge in [0.1, 0.15) is 0 Å². The molecule has 0 aliphatic rings. The van der Waals surface area contributed by atoms with E-state index in [-0.39, 0.29) is 0 Å². The first-order valence-electron chi connectivity index (χ1n) is 6.28. The molecule has 0 unspecified atom stereocenters. The molecule has 0 atom stereocenters. The Balaban J connectivity index is 2.35. The van der Waals surface area contributed by atoms with E-state index >= 15 is 0 Å². The van der Waals surface area contributed by atoms with E-state index in [9.17, 15) is 0 Å². The molecule has 3 nitrogen and oxygen atoms in total. The Bertz CT molecular complexity index is 307. The predicted octanol–water partition coefficient (Wildman–Crippen LogP) is 3.43. The van der Waals surface area contributed by atoms with Gasteiger partial charge in [0.25, 0.3) is 0 Å². The van der Waals surface area contributed by atoms with Crippen LogP contribution in [0.4, 0.5) is 5.82 Å². The van der Waals surface area contributed by atoms with Gasteiger partial charge in [0.2, 0.25) is 0 Å². The highest BCUT2D eigenvalue weighted by molar-refractivity contribution is 7.99. The molecule has 1 aromatic rings. The molecule has 0 saturated heterocycles. The van der Waals surface area contributed by atoms with E-state index in [4.69, 9.17) is 4.74 Å². The zero-order valence-electron chi connectivity index (χ0n) is 10.7. The maximum Gasteiger partial charge on any atom is 0.168 e. The number of ether oxygens (including phenoxy) is 1. The van der Waals surface area contributed by atoms with Gasteiger partial charge in [-0.15, -0.1) is 0 Å². The highest BCUT2D eigenvalue weighted by Gasteiger charge is 2.02. The Morgan fingerprint density at radius 3 is 3.06 bits per heavy atom. The van der Waals surface area contributed by atoms with Crippen molar-refractivity contribution in [2.24, 2.45) is 0 Å². The quantitative estimate of drug-likeness (QED) is 0.685. The van der Waals surface area contributed by atoms with Crippen LogP contribution in [0.3, 0.4) is 0 Å². The molecule has 0 aliphatic heterocycles. The molecule has 0 bridgehead atoms. The van der Waals surface area contributed by atoms with Crippen molar-refractivity contribution in [1.29, 1.82) is 0 Å². The molecule has 0 spiro atoms. The smallest absolute Gasteiger partial charge is 0.168 e. The SMILES string of the molecule is CCCOc1cccnc1NCCCSCC. The van der Waals surface area contributed by atoms with Crippen molar-refractivity contribution >= 4 is 17.6 Å². The summed E-state index contributed by atoms with van der Waals surface area (Å²) in [7, 11) is 0. The van der Waals surface area contributed by atoms with Crippen LogP contribution in [0.15, 0.2) is 18.3 Å². The van der Waals surface area contributed by atoms with Gasteiger partial charge in [-0.05, 0) is 36.5 Å². The second-order valence-electron chi connectivity index (χ2n) is 3.68. The number of thioether (sulfide) groups is 1. The Kier molecular flexibility index (Phi) is 7.63. The first kappa shape index (κ1) is 14.2. The molecule has 0 aromatic carbocycles. The Labute approximate surface area is 108 Å². The highest BCUT2D eigenvalue weighted by atomic mass is 32.2. The molecule has 1 aromatic heterocycles. The molecule has 0 aliphatic carbocycles. The van der Waals surface area contributed by atoms with E-state index in [0.717, 1.165) is 37.6 Å². The number of rotatable bonds is 9. The van der Waals surface area contributed by atoms with Crippen LogP contribution in [0.5, 0.6) is 5.75 Å². The Morgan fingerprint density at radius 1 is 1.41 bits per heavy atom. The molecular formula is C13H22N2OS. The van der Waals surface area contributed by atoms with Crippen LogP contribution in [-0.4, -0.2) is 29.6 Å². The predicted molar refractivity (Wildman–Crippen MR) is 76.1 cm³/mol. The number of nitrogens with one attached hydrogen (secondary N) is 1. The summed E-state index contributed by atoms with van der Waals surface area (Å²) in [5.74, 6) is 4.11. The first-order chi connectivity index (χ1) is 8.38. The van der Waals surface area contributed by atoms with Crippen LogP contribution in [0.25, 0.3) is 0 Å². The summed E-state index contributed by atoms with van der Waals surface area (Å²) in [6.45, 7) is 5.98. The zero-order chi connectivity index (χ0) is 12.3. The second kappa shape index (κ2) is 9.16. The molecule has 4 heteroatoms. The molecular weight excluding hydrogens is 232 g/mol. The van der Waals surface area contributed by atoms with Crippen LogP contribution in [0, 0.1) is 0 Å². The third-order valence-electron chi connectivity index (χ3n) is 2.19. The van der Waals surface area contributed by atoms with Crippen molar-refractivity contribution in [3.63, 3.8) is 0 Å². The van der Waals surface area contributed by atoms with Gasteiger partial charge in [0.15, 0.2) is 11.6 Å². The molecule has 0 radical (unpaired) electrons. The average Bonchev–Trinajstić information content (AvgIpc) is 2.37. The molecule has 17 heavy (non-hydrogen) atoms. The summed E-state index contributed by atoms with van der Waals surface area (Å²) in [6.07, 6.45) is 3.96. The lowest BCUT2D eigenvalue weighted by Gasteiger charge is -2.11. The summed E-state index contributed by atoms with van der Waals surface area (Å²) < 4.78 is 5.63. The van der Waals surface area contributed by atoms with Gasteiger partial charge in [-0.25, -0.2) is 4.98 Å². The van der Waals surface area contributed by atoms with E-state index < -0.39 is 0 Å². The van der Waals surface area contributed by atoms with Crippen LogP contribution < -0.4 is 10.1 Å². The second-order valence-corrected chi connectivity index (χ2v) is 5.07. The third kappa shape index (κ3) is 5.82. The van der Waals surface area contributed by atoms with Gasteiger partial charge in [0.05, 0.1) is 6.61 Å². The van der Waals surface area contributed by atoms with Crippen molar-refractivity contribution in [1.82, 2.24) is 4.98 Å². The van der Waals surface area contributed by atoms with E-state index in [1.807, 2.05) is 23.9 Å². The third-order valence-corrected chi connectivity index (χ3v) is 3.18. The summed E-state index contributed by atoms with van der Waals surface area (Å²) in [6, 6.07) is 3.87. The monoisotopic (exact) mass is 254 g/mol. The first-order valence-corrected chi connectivity index (χ1v) is 7.43. The van der Waals surface area contributed by atoms with Crippen molar-refractivity contribution in [3.8, 4) is 5.75 Å². The minimum absolute atomic E-state index is 0.742. The fourth-order valence-corrected chi connectivity index (χ4v) is 2.01. The topological polar surface area (TPSA) is 34.1 Å². The van der Waals surface area contributed by atoms with E-state index in [2.05, 4.69) is 24.1 Å². The van der Waals surface area contributed by atoms with Gasteiger partial charge in [-0.3, -0.25) is 0 Å². The lowest BCUT2D eigenvalue weighted by molar-refractivity contribution is 0.318. The number of hydrogen-bond acceptors (Lipinski definition) is 4. The van der Waals surface area contributed by atoms with Crippen LogP contribution in [0.2, 0.25) is 0 Å². The molecule has 0 fully saturated rings. The molecule has 0 amide bonds. The number of anilines is 1. The lowest BCUT2D eigenvalue weighted by Crippen LogP contribution is -2.07. The fourth-order valence-electron chi connectivity index (χ4n) is 1.38. The van der Waals surface area contributed by atoms with Gasteiger partial charge in [-0.1, -0.05) is 13.8 Å². The number of aromatic nitrogens is 1. The van der Waals surface area contributed by atoms with Gasteiger partial charge >= 0.3 is 0 Å². The zero-order valence-corrected chi connectivity index (χ0v) is 11.6. The number of hydrogen-bond donors (Lipinski definition) is 1. The Morgan fingerprint density at radius 2 is 2.29 bits per heavy atom. The average molecular weight is 254 g/mol. The minimum Gasteiger partial charge on any atom is -0.490 e. The van der Waals surface area contributed by atoms with Crippen molar-refractivity contribution in [3.05, 3.63) is 18.3 Å². The van der Waals surface area contributed by atoms with Crippen LogP contribution >= 0.6 is 11.8 Å². The van der Waals surface area contributed by atoms with Crippen LogP contribution in [0.1, 0.15) is 26.7 Å². The summed E-state index contributed by atoms with van der Waals surface area (Å²) >= 11 is 1.97. The largest absolute Gasteiger partial charge is 0.490 e. The molecule has 0 saturated carbocycles. The maximum absolute atomic E-state index is 5.63. The summed E-state index contributed by atoms with van der Waals surface area (Å²) in [5.41, 5.74) is 0. The standard InChI is InChI=1S/C13H22N2OS/c1-3-10-16-12-7-5-8-14-13(12)15-9-6-11-17-4-2/h5,7-8H,3-4,6,9-11H2,1-2H3,(H,14,15). The van der Waals surface area contributed by atoms with E-state index in [0.29, 0.717) is 0 Å². The van der Waals surface area contributed by atoms with Gasteiger partial charge < -0.3 is 10.1 Å². The fraction of sp³-hybridized carbons (Fsp3) is 0.615. The van der Waals surface area contributed by atoms with Crippen molar-refractivity contribution in [2.45, 2.75) is 26.7 Å². The summed E-state index contributed by atoms with van der Waals surface area (Å²) in [4.78, 5) is 4.31.